The number of nitrogens with zero attached hydrogens (tertiary/aromatic N) is 1. The van der Waals surface area contributed by atoms with Gasteiger partial charge >= 0.3 is 0 Å². The van der Waals surface area contributed by atoms with E-state index in [1.54, 1.807) is 11.3 Å². The van der Waals surface area contributed by atoms with Crippen LogP contribution in [0, 0.1) is 0 Å². The highest BCUT2D eigenvalue weighted by molar-refractivity contribution is 7.17. The number of aliphatic imine (C=N–C) groups is 1. The Bertz CT molecular complexity index is 767. The number of allylic oxidation sites excluding steroid dienone is 2. The molecule has 1 aromatic heterocycles. The Morgan fingerprint density at radius 1 is 1.36 bits per heavy atom. The summed E-state index contributed by atoms with van der Waals surface area (Å²) in [7, 11) is 0. The first kappa shape index (κ1) is 19.5. The van der Waals surface area contributed by atoms with E-state index in [9.17, 15) is 0 Å². The molecule has 2 nitrogen and oxygen atoms in total. The van der Waals surface area contributed by atoms with Gasteiger partial charge in [0.2, 0.25) is 0 Å². The summed E-state index contributed by atoms with van der Waals surface area (Å²) in [5.74, 6) is 0.916. The number of fused-ring (bicyclic) bond motifs is 1. The van der Waals surface area contributed by atoms with E-state index in [0.29, 0.717) is 12.6 Å². The topological polar surface area (TPSA) is 21.6 Å². The summed E-state index contributed by atoms with van der Waals surface area (Å²) >= 11 is 1.76. The molecule has 0 spiro atoms. The lowest BCUT2D eigenvalue weighted by Gasteiger charge is -2.13. The first-order chi connectivity index (χ1) is 12.1. The van der Waals surface area contributed by atoms with Crippen molar-refractivity contribution >= 4 is 27.1 Å². The minimum atomic E-state index is 0.308. The first-order valence-corrected chi connectivity index (χ1v) is 9.93. The number of rotatable bonds is 9. The van der Waals surface area contributed by atoms with Gasteiger partial charge in [0, 0.05) is 22.0 Å². The predicted molar refractivity (Wildman–Crippen MR) is 112 cm³/mol. The normalized spacial score (nSPS) is 12.8. The van der Waals surface area contributed by atoms with Crippen LogP contribution < -0.4 is 4.74 Å². The molecule has 25 heavy (non-hydrogen) atoms. The molecule has 0 bridgehead atoms. The van der Waals surface area contributed by atoms with Crippen LogP contribution >= 0.6 is 11.3 Å². The van der Waals surface area contributed by atoms with Gasteiger partial charge in [0.05, 0.1) is 0 Å². The summed E-state index contributed by atoms with van der Waals surface area (Å²) < 4.78 is 7.35. The molecule has 2 rings (SSSR count). The quantitative estimate of drug-likeness (QED) is 0.366. The van der Waals surface area contributed by atoms with Crippen molar-refractivity contribution in [1.29, 1.82) is 0 Å². The SMILES string of the molecule is C=CCc1csc2cc(OCC(=C/C)/C(CCC)=N\C(C)C)ccc12. The van der Waals surface area contributed by atoms with E-state index in [-0.39, 0.29) is 0 Å². The van der Waals surface area contributed by atoms with Gasteiger partial charge in [0.1, 0.15) is 12.4 Å². The summed E-state index contributed by atoms with van der Waals surface area (Å²) in [5.41, 5.74) is 3.70. The van der Waals surface area contributed by atoms with E-state index in [2.05, 4.69) is 63.9 Å². The van der Waals surface area contributed by atoms with E-state index in [0.717, 1.165) is 25.0 Å². The van der Waals surface area contributed by atoms with E-state index in [1.165, 1.54) is 26.9 Å². The second-order valence-electron chi connectivity index (χ2n) is 6.43. The molecule has 0 atom stereocenters. The lowest BCUT2D eigenvalue weighted by atomic mass is 10.1. The summed E-state index contributed by atoms with van der Waals surface area (Å²) in [6.07, 6.45) is 7.08. The van der Waals surface area contributed by atoms with Gasteiger partial charge in [-0.2, -0.15) is 0 Å². The zero-order valence-electron chi connectivity index (χ0n) is 15.8. The fraction of sp³-hybridized carbons (Fsp3) is 0.409. The van der Waals surface area contributed by atoms with Crippen LogP contribution in [0.15, 0.2) is 52.9 Å². The minimum Gasteiger partial charge on any atom is -0.489 e. The molecule has 2 aromatic rings. The number of ether oxygens (including phenoxy) is 1. The average Bonchev–Trinajstić information content (AvgIpc) is 2.98. The highest BCUT2D eigenvalue weighted by Crippen LogP contribution is 2.30. The fourth-order valence-electron chi connectivity index (χ4n) is 2.82. The summed E-state index contributed by atoms with van der Waals surface area (Å²) in [6.45, 7) is 12.9. The van der Waals surface area contributed by atoms with Crippen LogP contribution in [0.3, 0.4) is 0 Å². The summed E-state index contributed by atoms with van der Waals surface area (Å²) in [5, 5.41) is 3.51. The molecule has 0 aliphatic rings. The van der Waals surface area contributed by atoms with Gasteiger partial charge in [-0.25, -0.2) is 0 Å². The second-order valence-corrected chi connectivity index (χ2v) is 7.35. The minimum absolute atomic E-state index is 0.308. The molecule has 3 heteroatoms. The molecule has 1 aromatic carbocycles. The van der Waals surface area contributed by atoms with E-state index < -0.39 is 0 Å². The Balaban J connectivity index is 2.13. The molecular formula is C22H29NOS. The number of benzene rings is 1. The van der Waals surface area contributed by atoms with Gasteiger partial charge in [0.15, 0.2) is 0 Å². The molecule has 0 fully saturated rings. The van der Waals surface area contributed by atoms with Crippen molar-refractivity contribution < 1.29 is 4.74 Å². The van der Waals surface area contributed by atoms with E-state index in [4.69, 9.17) is 9.73 Å². The van der Waals surface area contributed by atoms with Crippen LogP contribution in [0.2, 0.25) is 0 Å². The van der Waals surface area contributed by atoms with Gasteiger partial charge in [-0.05, 0) is 68.1 Å². The maximum atomic E-state index is 6.08. The van der Waals surface area contributed by atoms with Crippen molar-refractivity contribution in [3.63, 3.8) is 0 Å². The van der Waals surface area contributed by atoms with Crippen molar-refractivity contribution in [2.24, 2.45) is 4.99 Å². The monoisotopic (exact) mass is 355 g/mol. The summed E-state index contributed by atoms with van der Waals surface area (Å²) in [4.78, 5) is 4.78. The third-order valence-corrected chi connectivity index (χ3v) is 5.00. The number of thiophene rings is 1. The van der Waals surface area contributed by atoms with Gasteiger partial charge in [-0.15, -0.1) is 17.9 Å². The molecule has 134 valence electrons. The largest absolute Gasteiger partial charge is 0.489 e. The average molecular weight is 356 g/mol. The molecule has 1 heterocycles. The molecular weight excluding hydrogens is 326 g/mol. The predicted octanol–water partition coefficient (Wildman–Crippen LogP) is 6.60. The third-order valence-electron chi connectivity index (χ3n) is 4.01. The molecule has 0 amide bonds. The lowest BCUT2D eigenvalue weighted by Crippen LogP contribution is -2.13. The smallest absolute Gasteiger partial charge is 0.121 e. The van der Waals surface area contributed by atoms with Crippen molar-refractivity contribution in [2.45, 2.75) is 53.0 Å². The van der Waals surface area contributed by atoms with Gasteiger partial charge in [0.25, 0.3) is 0 Å². The lowest BCUT2D eigenvalue weighted by molar-refractivity contribution is 0.357. The van der Waals surface area contributed by atoms with Crippen molar-refractivity contribution in [3.05, 3.63) is 53.4 Å². The van der Waals surface area contributed by atoms with Crippen LogP contribution in [0.4, 0.5) is 0 Å². The van der Waals surface area contributed by atoms with Crippen LogP contribution in [-0.2, 0) is 6.42 Å². The molecule has 0 aliphatic carbocycles. The van der Waals surface area contributed by atoms with Crippen LogP contribution in [0.5, 0.6) is 5.75 Å². The highest BCUT2D eigenvalue weighted by atomic mass is 32.1. The van der Waals surface area contributed by atoms with E-state index >= 15 is 0 Å². The van der Waals surface area contributed by atoms with Crippen molar-refractivity contribution in [2.75, 3.05) is 6.61 Å². The third kappa shape index (κ3) is 5.30. The maximum Gasteiger partial charge on any atom is 0.121 e. The Labute approximate surface area is 155 Å². The number of hydrogen-bond donors (Lipinski definition) is 0. The highest BCUT2D eigenvalue weighted by Gasteiger charge is 2.09. The molecule has 0 saturated carbocycles. The molecule has 0 unspecified atom stereocenters. The fourth-order valence-corrected chi connectivity index (χ4v) is 3.82. The van der Waals surface area contributed by atoms with Crippen LogP contribution in [0.25, 0.3) is 10.1 Å². The zero-order valence-corrected chi connectivity index (χ0v) is 16.7. The van der Waals surface area contributed by atoms with Crippen molar-refractivity contribution in [3.8, 4) is 5.75 Å². The standard InChI is InChI=1S/C22H29NOS/c1-6-9-18-15-25-22-13-19(11-12-20(18)22)24-14-17(8-3)21(10-7-2)23-16(4)5/h6,8,11-13,15-16H,1,7,9-10,14H2,2-5H3/b17-8-,23-21-. The van der Waals surface area contributed by atoms with Crippen LogP contribution in [0.1, 0.15) is 46.1 Å². The Hall–Kier alpha value is -1.87. The molecule has 0 saturated heterocycles. The van der Waals surface area contributed by atoms with Gasteiger partial charge in [-0.3, -0.25) is 4.99 Å². The first-order valence-electron chi connectivity index (χ1n) is 9.05. The molecule has 0 radical (unpaired) electrons. The number of hydrogen-bond acceptors (Lipinski definition) is 3. The van der Waals surface area contributed by atoms with Crippen LogP contribution in [-0.4, -0.2) is 18.4 Å². The van der Waals surface area contributed by atoms with Crippen molar-refractivity contribution in [1.82, 2.24) is 0 Å². The Morgan fingerprint density at radius 3 is 2.80 bits per heavy atom. The second kappa shape index (κ2) is 9.57. The van der Waals surface area contributed by atoms with E-state index in [1.807, 2.05) is 6.08 Å². The summed E-state index contributed by atoms with van der Waals surface area (Å²) in [6, 6.07) is 6.67. The maximum absolute atomic E-state index is 6.08. The van der Waals surface area contributed by atoms with Gasteiger partial charge in [-0.1, -0.05) is 25.5 Å². The van der Waals surface area contributed by atoms with Gasteiger partial charge < -0.3 is 4.74 Å². The molecule has 0 N–H and O–H groups in total. The molecule has 0 aliphatic heterocycles. The zero-order chi connectivity index (χ0) is 18.2. The Morgan fingerprint density at radius 2 is 2.16 bits per heavy atom. The Kier molecular flexibility index (Phi) is 7.45.